The maximum Gasteiger partial charge on any atom is 0.407 e. The first kappa shape index (κ1) is 10.3. The molecule has 0 heterocycles. The topological polar surface area (TPSA) is 58.6 Å². The van der Waals surface area contributed by atoms with Gasteiger partial charge in [-0.3, -0.25) is 0 Å². The minimum Gasteiger partial charge on any atom is -0.450 e. The van der Waals surface area contributed by atoms with Gasteiger partial charge >= 0.3 is 6.09 Å². The summed E-state index contributed by atoms with van der Waals surface area (Å²) in [7, 11) is 0. The highest BCUT2D eigenvalue weighted by atomic mass is 16.5. The highest BCUT2D eigenvalue weighted by Gasteiger charge is 2.43. The number of ether oxygens (including phenoxy) is 1. The normalized spacial score (nSPS) is 18.0. The number of unbranched alkanes of at least 4 members (excludes halogenated alkanes) is 1. The third kappa shape index (κ3) is 3.22. The lowest BCUT2D eigenvalue weighted by Crippen LogP contribution is -2.40. The summed E-state index contributed by atoms with van der Waals surface area (Å²) < 4.78 is 4.90. The number of alkyl carbamates (subject to hydrolysis) is 1. The molecule has 4 nitrogen and oxygen atoms in total. The van der Waals surface area contributed by atoms with Crippen molar-refractivity contribution in [1.29, 1.82) is 0 Å². The summed E-state index contributed by atoms with van der Waals surface area (Å²) >= 11 is 0. The Bertz CT molecular complexity index is 178. The molecule has 2 N–H and O–H groups in total. The number of amides is 1. The van der Waals surface area contributed by atoms with Gasteiger partial charge in [0.05, 0.1) is 18.8 Å². The first-order chi connectivity index (χ1) is 6.22. The predicted molar refractivity (Wildman–Crippen MR) is 48.4 cm³/mol. The summed E-state index contributed by atoms with van der Waals surface area (Å²) in [4.78, 5) is 11.1. The Kier molecular flexibility index (Phi) is 3.54. The summed E-state index contributed by atoms with van der Waals surface area (Å²) in [6.45, 7) is 2.51. The standard InChI is InChI=1S/C9H17NO3/c1-2-3-6-13-8(12)10-9(7-11)4-5-9/h11H,2-7H2,1H3,(H,10,12). The van der Waals surface area contributed by atoms with Crippen molar-refractivity contribution in [2.24, 2.45) is 0 Å². The second-order valence-corrected chi connectivity index (χ2v) is 3.55. The van der Waals surface area contributed by atoms with E-state index >= 15 is 0 Å². The fraction of sp³-hybridized carbons (Fsp3) is 0.889. The van der Waals surface area contributed by atoms with E-state index in [9.17, 15) is 4.79 Å². The summed E-state index contributed by atoms with van der Waals surface area (Å²) in [5, 5.41) is 11.6. The van der Waals surface area contributed by atoms with Gasteiger partial charge in [0.2, 0.25) is 0 Å². The zero-order valence-electron chi connectivity index (χ0n) is 8.01. The Balaban J connectivity index is 2.11. The van der Waals surface area contributed by atoms with Gasteiger partial charge in [-0.05, 0) is 19.3 Å². The van der Waals surface area contributed by atoms with E-state index in [2.05, 4.69) is 5.32 Å². The number of hydrogen-bond donors (Lipinski definition) is 2. The number of aliphatic hydroxyl groups excluding tert-OH is 1. The van der Waals surface area contributed by atoms with Crippen molar-refractivity contribution >= 4 is 6.09 Å². The van der Waals surface area contributed by atoms with E-state index in [0.29, 0.717) is 6.61 Å². The van der Waals surface area contributed by atoms with E-state index in [1.807, 2.05) is 6.92 Å². The summed E-state index contributed by atoms with van der Waals surface area (Å²) in [5.74, 6) is 0. The quantitative estimate of drug-likeness (QED) is 0.632. The van der Waals surface area contributed by atoms with Gasteiger partial charge in [0.25, 0.3) is 0 Å². The van der Waals surface area contributed by atoms with E-state index < -0.39 is 6.09 Å². The molecule has 1 amide bonds. The van der Waals surface area contributed by atoms with Gasteiger partial charge in [0.1, 0.15) is 0 Å². The molecular weight excluding hydrogens is 170 g/mol. The van der Waals surface area contributed by atoms with Crippen molar-refractivity contribution in [3.63, 3.8) is 0 Å². The van der Waals surface area contributed by atoms with Crippen LogP contribution in [0.5, 0.6) is 0 Å². The molecule has 0 unspecified atom stereocenters. The molecule has 4 heteroatoms. The lowest BCUT2D eigenvalue weighted by molar-refractivity contribution is 0.131. The smallest absolute Gasteiger partial charge is 0.407 e. The molecule has 0 aromatic rings. The predicted octanol–water partition coefficient (Wildman–Crippen LogP) is 1.04. The second-order valence-electron chi connectivity index (χ2n) is 3.55. The van der Waals surface area contributed by atoms with Crippen LogP contribution in [0.1, 0.15) is 32.6 Å². The van der Waals surface area contributed by atoms with Crippen LogP contribution in [0.3, 0.4) is 0 Å². The van der Waals surface area contributed by atoms with Gasteiger partial charge in [-0.15, -0.1) is 0 Å². The molecule has 0 saturated heterocycles. The average Bonchev–Trinajstić information content (AvgIpc) is 2.86. The van der Waals surface area contributed by atoms with Crippen LogP contribution in [-0.2, 0) is 4.74 Å². The van der Waals surface area contributed by atoms with Crippen LogP contribution in [0.2, 0.25) is 0 Å². The van der Waals surface area contributed by atoms with E-state index in [1.165, 1.54) is 0 Å². The van der Waals surface area contributed by atoms with E-state index in [4.69, 9.17) is 9.84 Å². The van der Waals surface area contributed by atoms with Gasteiger partial charge < -0.3 is 15.2 Å². The van der Waals surface area contributed by atoms with Crippen LogP contribution in [0.15, 0.2) is 0 Å². The van der Waals surface area contributed by atoms with Crippen LogP contribution in [0.4, 0.5) is 4.79 Å². The maximum absolute atomic E-state index is 11.1. The monoisotopic (exact) mass is 187 g/mol. The molecule has 1 saturated carbocycles. The number of nitrogens with one attached hydrogen (secondary N) is 1. The molecule has 1 fully saturated rings. The fourth-order valence-electron chi connectivity index (χ4n) is 1.04. The number of rotatable bonds is 5. The molecule has 76 valence electrons. The SMILES string of the molecule is CCCCOC(=O)NC1(CO)CC1. The second kappa shape index (κ2) is 4.46. The molecule has 1 aliphatic rings. The summed E-state index contributed by atoms with van der Waals surface area (Å²) in [6, 6.07) is 0. The third-order valence-corrected chi connectivity index (χ3v) is 2.25. The summed E-state index contributed by atoms with van der Waals surface area (Å²) in [5.41, 5.74) is -0.358. The average molecular weight is 187 g/mol. The van der Waals surface area contributed by atoms with Crippen molar-refractivity contribution < 1.29 is 14.6 Å². The largest absolute Gasteiger partial charge is 0.450 e. The van der Waals surface area contributed by atoms with Gasteiger partial charge in [0.15, 0.2) is 0 Å². The Labute approximate surface area is 78.3 Å². The maximum atomic E-state index is 11.1. The number of aliphatic hydroxyl groups is 1. The van der Waals surface area contributed by atoms with Crippen molar-refractivity contribution in [3.8, 4) is 0 Å². The van der Waals surface area contributed by atoms with Crippen LogP contribution < -0.4 is 5.32 Å². The lowest BCUT2D eigenvalue weighted by Gasteiger charge is -2.13. The van der Waals surface area contributed by atoms with Crippen LogP contribution >= 0.6 is 0 Å². The molecule has 0 aliphatic heterocycles. The molecule has 0 radical (unpaired) electrons. The number of carbonyl (C=O) groups excluding carboxylic acids is 1. The molecule has 0 atom stereocenters. The first-order valence-electron chi connectivity index (χ1n) is 4.78. The third-order valence-electron chi connectivity index (χ3n) is 2.25. The first-order valence-corrected chi connectivity index (χ1v) is 4.78. The molecular formula is C9H17NO3. The molecule has 0 aromatic heterocycles. The number of carbonyl (C=O) groups is 1. The van der Waals surface area contributed by atoms with Crippen LogP contribution in [-0.4, -0.2) is 30.0 Å². The van der Waals surface area contributed by atoms with Gasteiger partial charge in [-0.1, -0.05) is 13.3 Å². The summed E-state index contributed by atoms with van der Waals surface area (Å²) in [6.07, 6.45) is 3.21. The Morgan fingerprint density at radius 3 is 2.77 bits per heavy atom. The zero-order valence-corrected chi connectivity index (χ0v) is 8.01. The van der Waals surface area contributed by atoms with Gasteiger partial charge in [0, 0.05) is 0 Å². The van der Waals surface area contributed by atoms with Crippen molar-refractivity contribution in [2.45, 2.75) is 38.1 Å². The molecule has 1 rings (SSSR count). The lowest BCUT2D eigenvalue weighted by atomic mass is 10.3. The number of hydrogen-bond acceptors (Lipinski definition) is 3. The van der Waals surface area contributed by atoms with Crippen LogP contribution in [0.25, 0.3) is 0 Å². The molecule has 13 heavy (non-hydrogen) atoms. The van der Waals surface area contributed by atoms with E-state index in [1.54, 1.807) is 0 Å². The van der Waals surface area contributed by atoms with E-state index in [-0.39, 0.29) is 12.1 Å². The molecule has 1 aliphatic carbocycles. The molecule has 0 bridgehead atoms. The minimum atomic E-state index is -0.403. The van der Waals surface area contributed by atoms with E-state index in [0.717, 1.165) is 25.7 Å². The highest BCUT2D eigenvalue weighted by Crippen LogP contribution is 2.34. The minimum absolute atomic E-state index is 0.00980. The Morgan fingerprint density at radius 2 is 2.31 bits per heavy atom. The van der Waals surface area contributed by atoms with Gasteiger partial charge in [-0.25, -0.2) is 4.79 Å². The van der Waals surface area contributed by atoms with Crippen molar-refractivity contribution in [1.82, 2.24) is 5.32 Å². The Hall–Kier alpha value is -0.770. The zero-order chi connectivity index (χ0) is 9.73. The molecule has 0 aromatic carbocycles. The van der Waals surface area contributed by atoms with Crippen molar-refractivity contribution in [3.05, 3.63) is 0 Å². The van der Waals surface area contributed by atoms with Crippen molar-refractivity contribution in [2.75, 3.05) is 13.2 Å². The highest BCUT2D eigenvalue weighted by molar-refractivity contribution is 5.68. The van der Waals surface area contributed by atoms with Crippen LogP contribution in [0, 0.1) is 0 Å². The van der Waals surface area contributed by atoms with Gasteiger partial charge in [-0.2, -0.15) is 0 Å². The molecule has 0 spiro atoms. The fourth-order valence-corrected chi connectivity index (χ4v) is 1.04. The Morgan fingerprint density at radius 1 is 1.62 bits per heavy atom.